The van der Waals surface area contributed by atoms with Gasteiger partial charge in [0.2, 0.25) is 0 Å². The van der Waals surface area contributed by atoms with Crippen molar-refractivity contribution in [2.24, 2.45) is 0 Å². The lowest BCUT2D eigenvalue weighted by Crippen LogP contribution is -2.59. The van der Waals surface area contributed by atoms with Crippen LogP contribution in [0, 0.1) is 6.92 Å². The molecule has 1 aromatic heterocycles. The van der Waals surface area contributed by atoms with Crippen molar-refractivity contribution in [2.75, 3.05) is 14.7 Å². The molecule has 11 aromatic rings. The molecule has 316 valence electrons. The molecule has 0 atom stereocenters. The third kappa shape index (κ3) is 6.68. The summed E-state index contributed by atoms with van der Waals surface area (Å²) in [5.74, 6) is 1.73. The Labute approximate surface area is 394 Å². The largest absolute Gasteiger partial charge is 0.458 e. The predicted octanol–water partition coefficient (Wildman–Crippen LogP) is 15.4. The van der Waals surface area contributed by atoms with Crippen LogP contribution in [0.4, 0.5) is 51.2 Å². The third-order valence-corrected chi connectivity index (χ3v) is 14.5. The van der Waals surface area contributed by atoms with Crippen LogP contribution in [0.1, 0.15) is 5.56 Å². The molecule has 67 heavy (non-hydrogen) atoms. The maximum atomic E-state index is 7.12. The minimum atomic E-state index is -0.0659. The van der Waals surface area contributed by atoms with Crippen LogP contribution in [0.25, 0.3) is 31.3 Å². The Balaban J connectivity index is 0.981. The lowest BCUT2D eigenvalue weighted by atomic mass is 9.34. The second kappa shape index (κ2) is 16.0. The van der Waals surface area contributed by atoms with Crippen LogP contribution in [0.3, 0.4) is 0 Å². The Morgan fingerprint density at radius 1 is 0.403 bits per heavy atom. The molecule has 3 heterocycles. The van der Waals surface area contributed by atoms with Crippen molar-refractivity contribution in [3.8, 4) is 22.6 Å². The zero-order chi connectivity index (χ0) is 44.4. The van der Waals surface area contributed by atoms with Gasteiger partial charge in [0.1, 0.15) is 11.5 Å². The van der Waals surface area contributed by atoms with E-state index in [0.717, 1.165) is 68.1 Å². The summed E-state index contributed by atoms with van der Waals surface area (Å²) in [5, 5.41) is 2.54. The van der Waals surface area contributed by atoms with E-state index >= 15 is 0 Å². The van der Waals surface area contributed by atoms with E-state index in [4.69, 9.17) is 4.74 Å². The molecule has 0 radical (unpaired) electrons. The first kappa shape index (κ1) is 39.1. The molecule has 0 fully saturated rings. The summed E-state index contributed by atoms with van der Waals surface area (Å²) in [6.07, 6.45) is 0. The minimum absolute atomic E-state index is 0.0659. The maximum Gasteiger partial charge on any atom is 0.256 e. The number of fused-ring (bicyclic) bond motifs is 7. The quantitative estimate of drug-likeness (QED) is 0.142. The van der Waals surface area contributed by atoms with E-state index in [1.807, 2.05) is 11.3 Å². The van der Waals surface area contributed by atoms with Gasteiger partial charge in [0.15, 0.2) is 0 Å². The molecule has 0 amide bonds. The molecule has 0 aliphatic carbocycles. The standard InChI is InChI=1S/C61H42BN3OS/c1-41-24-28-47(29-25-41)65-55-21-13-22-57-61(55)62(53-35-32-49(39-56(53)65)63(44-16-7-3-8-17-44)45-18-9-4-10-19-45)54-36-33-50(40-58(54)66-57)64(46-30-26-43(27-31-46)42-14-5-2-6-15-42)48-34-37-60-52(38-48)51-20-11-12-23-59(51)67-60/h2-40H,1H3. The minimum Gasteiger partial charge on any atom is -0.458 e. The molecule has 0 saturated carbocycles. The maximum absolute atomic E-state index is 7.12. The molecule has 0 bridgehead atoms. The average molecular weight is 876 g/mol. The number of thiophene rings is 1. The van der Waals surface area contributed by atoms with E-state index in [-0.39, 0.29) is 6.71 Å². The van der Waals surface area contributed by atoms with Gasteiger partial charge >= 0.3 is 0 Å². The first-order valence-electron chi connectivity index (χ1n) is 22.9. The molecule has 6 heteroatoms. The molecule has 0 unspecified atom stereocenters. The average Bonchev–Trinajstić information content (AvgIpc) is 3.76. The van der Waals surface area contributed by atoms with Crippen LogP contribution < -0.4 is 35.8 Å². The van der Waals surface area contributed by atoms with Gasteiger partial charge in [-0.05, 0) is 138 Å². The van der Waals surface area contributed by atoms with Crippen LogP contribution in [-0.2, 0) is 0 Å². The lowest BCUT2D eigenvalue weighted by molar-refractivity contribution is 0.487. The van der Waals surface area contributed by atoms with Crippen molar-refractivity contribution in [3.63, 3.8) is 0 Å². The fourth-order valence-corrected chi connectivity index (χ4v) is 11.3. The Morgan fingerprint density at radius 3 is 1.72 bits per heavy atom. The predicted molar refractivity (Wildman–Crippen MR) is 285 cm³/mol. The zero-order valence-electron chi connectivity index (χ0n) is 36.8. The fraction of sp³-hybridized carbons (Fsp3) is 0.0164. The van der Waals surface area contributed by atoms with E-state index in [2.05, 4.69) is 258 Å². The van der Waals surface area contributed by atoms with Crippen molar-refractivity contribution in [3.05, 3.63) is 242 Å². The highest BCUT2D eigenvalue weighted by molar-refractivity contribution is 7.25. The van der Waals surface area contributed by atoms with Gasteiger partial charge in [-0.2, -0.15) is 0 Å². The Bertz CT molecular complexity index is 3590. The van der Waals surface area contributed by atoms with Crippen molar-refractivity contribution >= 4 is 106 Å². The smallest absolute Gasteiger partial charge is 0.256 e. The third-order valence-electron chi connectivity index (χ3n) is 13.4. The van der Waals surface area contributed by atoms with Crippen LogP contribution in [-0.4, -0.2) is 6.71 Å². The van der Waals surface area contributed by atoms with Crippen LogP contribution in [0.15, 0.2) is 237 Å². The summed E-state index contributed by atoms with van der Waals surface area (Å²) in [4.78, 5) is 7.15. The van der Waals surface area contributed by atoms with Crippen molar-refractivity contribution in [2.45, 2.75) is 6.92 Å². The van der Waals surface area contributed by atoms with Crippen LogP contribution >= 0.6 is 11.3 Å². The van der Waals surface area contributed by atoms with Crippen molar-refractivity contribution in [1.82, 2.24) is 0 Å². The summed E-state index contributed by atoms with van der Waals surface area (Å²) in [6, 6.07) is 85.7. The number of aryl methyl sites for hydroxylation is 1. The van der Waals surface area contributed by atoms with Gasteiger partial charge in [0, 0.05) is 77.4 Å². The van der Waals surface area contributed by atoms with Crippen LogP contribution in [0.2, 0.25) is 0 Å². The molecule has 10 aromatic carbocycles. The molecule has 13 rings (SSSR count). The number of ether oxygens (including phenoxy) is 1. The van der Waals surface area contributed by atoms with Gasteiger partial charge in [0.25, 0.3) is 6.71 Å². The molecule has 2 aliphatic rings. The highest BCUT2D eigenvalue weighted by Crippen LogP contribution is 2.46. The van der Waals surface area contributed by atoms with E-state index < -0.39 is 0 Å². The molecule has 2 aliphatic heterocycles. The number of nitrogens with zero attached hydrogens (tertiary/aromatic N) is 3. The molecular weight excluding hydrogens is 834 g/mol. The molecular formula is C61H42BN3OS. The Morgan fingerprint density at radius 2 is 0.970 bits per heavy atom. The summed E-state index contributed by atoms with van der Waals surface area (Å²) < 4.78 is 9.69. The second-order valence-corrected chi connectivity index (χ2v) is 18.5. The topological polar surface area (TPSA) is 19.0 Å². The summed E-state index contributed by atoms with van der Waals surface area (Å²) >= 11 is 1.84. The van der Waals surface area contributed by atoms with Crippen LogP contribution in [0.5, 0.6) is 11.5 Å². The number of para-hydroxylation sites is 2. The Kier molecular flexibility index (Phi) is 9.32. The second-order valence-electron chi connectivity index (χ2n) is 17.4. The first-order chi connectivity index (χ1) is 33.1. The van der Waals surface area contributed by atoms with Crippen molar-refractivity contribution < 1.29 is 4.74 Å². The van der Waals surface area contributed by atoms with E-state index in [1.165, 1.54) is 47.8 Å². The zero-order valence-corrected chi connectivity index (χ0v) is 37.6. The van der Waals surface area contributed by atoms with Gasteiger partial charge in [-0.1, -0.05) is 133 Å². The van der Waals surface area contributed by atoms with E-state index in [9.17, 15) is 0 Å². The first-order valence-corrected chi connectivity index (χ1v) is 23.7. The number of rotatable bonds is 8. The molecule has 0 saturated heterocycles. The van der Waals surface area contributed by atoms with Gasteiger partial charge in [-0.15, -0.1) is 11.3 Å². The summed E-state index contributed by atoms with van der Waals surface area (Å²) in [7, 11) is 0. The number of benzene rings is 10. The van der Waals surface area contributed by atoms with Gasteiger partial charge < -0.3 is 19.4 Å². The normalized spacial score (nSPS) is 12.3. The van der Waals surface area contributed by atoms with Gasteiger partial charge in [-0.25, -0.2) is 0 Å². The summed E-state index contributed by atoms with van der Waals surface area (Å²) in [6.45, 7) is 2.08. The number of anilines is 9. The summed E-state index contributed by atoms with van der Waals surface area (Å²) in [5.41, 5.74) is 17.0. The Hall–Kier alpha value is -8.32. The monoisotopic (exact) mass is 875 g/mol. The highest BCUT2D eigenvalue weighted by Gasteiger charge is 2.42. The molecule has 0 spiro atoms. The fourth-order valence-electron chi connectivity index (χ4n) is 10.2. The van der Waals surface area contributed by atoms with Crippen molar-refractivity contribution in [1.29, 1.82) is 0 Å². The molecule has 0 N–H and O–H groups in total. The lowest BCUT2D eigenvalue weighted by Gasteiger charge is -2.41. The van der Waals surface area contributed by atoms with Gasteiger partial charge in [0.05, 0.1) is 0 Å². The molecule has 4 nitrogen and oxygen atoms in total. The SMILES string of the molecule is Cc1ccc(N2c3cc(N(c4ccccc4)c4ccccc4)ccc3B3c4ccc(N(c5ccc(-c6ccccc6)cc5)c5ccc6sc7ccccc7c6c5)cc4Oc4cccc2c43)cc1. The highest BCUT2D eigenvalue weighted by atomic mass is 32.1. The number of hydrogen-bond acceptors (Lipinski definition) is 5. The number of hydrogen-bond donors (Lipinski definition) is 0. The van der Waals surface area contributed by atoms with Gasteiger partial charge in [-0.3, -0.25) is 0 Å². The van der Waals surface area contributed by atoms with E-state index in [0.29, 0.717) is 0 Å². The van der Waals surface area contributed by atoms with E-state index in [1.54, 1.807) is 0 Å².